The summed E-state index contributed by atoms with van der Waals surface area (Å²) in [5, 5.41) is 1.93. The maximum atomic E-state index is 12.5. The van der Waals surface area contributed by atoms with Crippen LogP contribution in [0.15, 0.2) is 73.7 Å². The van der Waals surface area contributed by atoms with Gasteiger partial charge in [0.15, 0.2) is 0 Å². The Hall–Kier alpha value is -4.64. The van der Waals surface area contributed by atoms with Gasteiger partial charge in [0.05, 0.1) is 29.8 Å². The number of amides is 2. The number of piperazine rings is 1. The number of hydrogen-bond acceptors (Lipinski definition) is 7. The largest absolute Gasteiger partial charge is 0.333 e. The molecule has 0 aliphatic carbocycles. The molecule has 6 heterocycles. The molecule has 0 bridgehead atoms. The van der Waals surface area contributed by atoms with Crippen molar-refractivity contribution in [3.8, 4) is 5.69 Å². The molecular formula is C26H27N9O2. The molecule has 0 radical (unpaired) electrons. The quantitative estimate of drug-likeness (QED) is 0.374. The number of hydrogen-bond donors (Lipinski definition) is 2. The van der Waals surface area contributed by atoms with Crippen molar-refractivity contribution >= 4 is 23.2 Å². The maximum absolute atomic E-state index is 12.5. The lowest BCUT2D eigenvalue weighted by atomic mass is 10.2. The fourth-order valence-corrected chi connectivity index (χ4v) is 4.63. The van der Waals surface area contributed by atoms with Crippen LogP contribution in [0.5, 0.6) is 0 Å². The van der Waals surface area contributed by atoms with E-state index in [9.17, 15) is 9.59 Å². The molecule has 2 aliphatic rings. The lowest BCUT2D eigenvalue weighted by Crippen LogP contribution is -2.53. The lowest BCUT2D eigenvalue weighted by Gasteiger charge is -2.33. The zero-order valence-corrected chi connectivity index (χ0v) is 20.4. The number of hydrazine groups is 2. The predicted molar refractivity (Wildman–Crippen MR) is 136 cm³/mol. The van der Waals surface area contributed by atoms with Crippen LogP contribution in [0, 0.1) is 0 Å². The van der Waals surface area contributed by atoms with Crippen LogP contribution < -0.4 is 11.0 Å². The van der Waals surface area contributed by atoms with Gasteiger partial charge in [0.1, 0.15) is 5.65 Å². The first-order chi connectivity index (χ1) is 18.1. The van der Waals surface area contributed by atoms with Crippen molar-refractivity contribution in [2.75, 3.05) is 19.6 Å². The number of carbonyl (C=O) groups excluding carboxylic acids is 2. The van der Waals surface area contributed by atoms with Gasteiger partial charge in [0.25, 0.3) is 0 Å². The molecule has 6 rings (SSSR count). The zero-order chi connectivity index (χ0) is 25.4. The van der Waals surface area contributed by atoms with Crippen molar-refractivity contribution in [1.29, 1.82) is 0 Å². The van der Waals surface area contributed by atoms with E-state index in [-0.39, 0.29) is 0 Å². The minimum atomic E-state index is -0.441. The average molecular weight is 498 g/mol. The smallest absolute Gasteiger partial charge is 0.312 e. The Morgan fingerprint density at radius 3 is 2.62 bits per heavy atom. The molecule has 2 aliphatic heterocycles. The van der Waals surface area contributed by atoms with Crippen molar-refractivity contribution in [2.45, 2.75) is 20.0 Å². The standard InChI is InChI=1S/C26H27N9O2/c1-2-31-9-10-33(26(37)25(31)36)14-19-5-6-24-28-21(16-34(24)15-19)17-35-18-23(29-30-35)20-11-22(13-27-12-20)32-7-3-4-8-32/h3-8,11-13,15-16,18,29-30H,2,9-10,14,17H2,1H3. The second-order valence-electron chi connectivity index (χ2n) is 9.08. The molecule has 0 unspecified atom stereocenters. The third-order valence-electron chi connectivity index (χ3n) is 6.60. The van der Waals surface area contributed by atoms with Crippen molar-refractivity contribution in [3.05, 3.63) is 90.5 Å². The van der Waals surface area contributed by atoms with E-state index in [1.165, 1.54) is 0 Å². The molecule has 188 valence electrons. The van der Waals surface area contributed by atoms with Gasteiger partial charge in [-0.1, -0.05) is 6.07 Å². The van der Waals surface area contributed by atoms with E-state index in [1.54, 1.807) is 9.80 Å². The molecule has 11 nitrogen and oxygen atoms in total. The first-order valence-corrected chi connectivity index (χ1v) is 12.2. The van der Waals surface area contributed by atoms with Gasteiger partial charge in [-0.25, -0.2) is 4.98 Å². The monoisotopic (exact) mass is 497 g/mol. The molecule has 0 atom stereocenters. The normalized spacial score (nSPS) is 16.0. The van der Waals surface area contributed by atoms with Gasteiger partial charge >= 0.3 is 11.8 Å². The van der Waals surface area contributed by atoms with Crippen LogP contribution in [0.1, 0.15) is 23.7 Å². The van der Waals surface area contributed by atoms with Gasteiger partial charge in [-0.05, 0) is 36.8 Å². The molecule has 2 N–H and O–H groups in total. The number of carbonyl (C=O) groups is 2. The topological polar surface area (TPSA) is 103 Å². The first kappa shape index (κ1) is 22.8. The van der Waals surface area contributed by atoms with Crippen molar-refractivity contribution < 1.29 is 9.59 Å². The fraction of sp³-hybridized carbons (Fsp3) is 0.231. The van der Waals surface area contributed by atoms with Crippen LogP contribution in [-0.2, 0) is 22.7 Å². The SMILES string of the molecule is CCN1CCN(Cc2ccc3nc(CN4C=C(c5cncc(-n6cccc6)c5)NN4)cn3c2)C(=O)C1=O. The Morgan fingerprint density at radius 1 is 0.973 bits per heavy atom. The van der Waals surface area contributed by atoms with Crippen LogP contribution in [0.4, 0.5) is 0 Å². The fourth-order valence-electron chi connectivity index (χ4n) is 4.63. The van der Waals surface area contributed by atoms with Gasteiger partial charge < -0.3 is 24.2 Å². The van der Waals surface area contributed by atoms with Crippen molar-refractivity contribution in [3.63, 3.8) is 0 Å². The zero-order valence-electron chi connectivity index (χ0n) is 20.4. The second-order valence-corrected chi connectivity index (χ2v) is 9.08. The van der Waals surface area contributed by atoms with Crippen molar-refractivity contribution in [2.24, 2.45) is 0 Å². The summed E-state index contributed by atoms with van der Waals surface area (Å²) in [6.45, 7) is 4.48. The Morgan fingerprint density at radius 2 is 1.78 bits per heavy atom. The second kappa shape index (κ2) is 9.43. The molecule has 1 fully saturated rings. The van der Waals surface area contributed by atoms with E-state index >= 15 is 0 Å². The average Bonchev–Trinajstić information content (AvgIpc) is 3.68. The number of imidazole rings is 1. The summed E-state index contributed by atoms with van der Waals surface area (Å²) >= 11 is 0. The number of nitrogens with one attached hydrogen (secondary N) is 2. The van der Waals surface area contributed by atoms with Crippen LogP contribution in [0.3, 0.4) is 0 Å². The molecule has 0 spiro atoms. The highest BCUT2D eigenvalue weighted by Gasteiger charge is 2.31. The number of nitrogens with zero attached hydrogens (tertiary/aromatic N) is 7. The molecule has 4 aromatic rings. The highest BCUT2D eigenvalue weighted by atomic mass is 16.2. The molecule has 4 aromatic heterocycles. The highest BCUT2D eigenvalue weighted by molar-refractivity contribution is 6.35. The Balaban J connectivity index is 1.14. The predicted octanol–water partition coefficient (Wildman–Crippen LogP) is 1.53. The third-order valence-corrected chi connectivity index (χ3v) is 6.60. The van der Waals surface area contributed by atoms with E-state index < -0.39 is 11.8 Å². The Labute approximate surface area is 213 Å². The number of likely N-dealkylation sites (N-methyl/N-ethyl adjacent to an activating group) is 1. The molecular weight excluding hydrogens is 470 g/mol. The minimum Gasteiger partial charge on any atom is -0.333 e. The summed E-state index contributed by atoms with van der Waals surface area (Å²) in [4.78, 5) is 37.0. The van der Waals surface area contributed by atoms with Crippen LogP contribution in [-0.4, -0.2) is 65.2 Å². The van der Waals surface area contributed by atoms with Crippen LogP contribution >= 0.6 is 0 Å². The summed E-state index contributed by atoms with van der Waals surface area (Å²) < 4.78 is 3.97. The summed E-state index contributed by atoms with van der Waals surface area (Å²) in [6, 6.07) is 9.92. The first-order valence-electron chi connectivity index (χ1n) is 12.2. The molecule has 0 aromatic carbocycles. The van der Waals surface area contributed by atoms with E-state index in [0.717, 1.165) is 33.9 Å². The molecule has 1 saturated heterocycles. The summed E-state index contributed by atoms with van der Waals surface area (Å²) in [7, 11) is 0. The van der Waals surface area contributed by atoms with E-state index in [1.807, 2.05) is 88.5 Å². The Bertz CT molecular complexity index is 1490. The molecule has 11 heteroatoms. The number of fused-ring (bicyclic) bond motifs is 1. The molecule has 0 saturated carbocycles. The maximum Gasteiger partial charge on any atom is 0.312 e. The Kier molecular flexibility index (Phi) is 5.81. The van der Waals surface area contributed by atoms with Crippen LogP contribution in [0.25, 0.3) is 17.0 Å². The minimum absolute atomic E-state index is 0.394. The number of aromatic nitrogens is 4. The van der Waals surface area contributed by atoms with E-state index in [0.29, 0.717) is 32.7 Å². The van der Waals surface area contributed by atoms with Crippen LogP contribution in [0.2, 0.25) is 0 Å². The lowest BCUT2D eigenvalue weighted by molar-refractivity contribution is -0.156. The highest BCUT2D eigenvalue weighted by Crippen LogP contribution is 2.19. The number of rotatable bonds is 7. The molecule has 2 amide bonds. The summed E-state index contributed by atoms with van der Waals surface area (Å²) in [6.07, 6.45) is 13.6. The summed E-state index contributed by atoms with van der Waals surface area (Å²) in [5.41, 5.74) is 11.9. The molecule has 37 heavy (non-hydrogen) atoms. The van der Waals surface area contributed by atoms with Crippen molar-refractivity contribution in [1.82, 2.24) is 44.7 Å². The van der Waals surface area contributed by atoms with Gasteiger partial charge in [-0.2, -0.15) is 0 Å². The van der Waals surface area contributed by atoms with E-state index in [2.05, 4.69) is 22.0 Å². The van der Waals surface area contributed by atoms with Gasteiger partial charge in [0.2, 0.25) is 0 Å². The summed E-state index contributed by atoms with van der Waals surface area (Å²) in [5.74, 6) is -0.866. The van der Waals surface area contributed by atoms with E-state index in [4.69, 9.17) is 4.98 Å². The number of pyridine rings is 2. The van der Waals surface area contributed by atoms with Gasteiger partial charge in [-0.15, -0.1) is 5.53 Å². The van der Waals surface area contributed by atoms with Gasteiger partial charge in [0, 0.05) is 68.9 Å². The third kappa shape index (κ3) is 4.52. The van der Waals surface area contributed by atoms with Gasteiger partial charge in [-0.3, -0.25) is 19.6 Å².